The number of hydrazine groups is 1. The second kappa shape index (κ2) is 8.05. The molecule has 2 N–H and O–H groups in total. The zero-order valence-corrected chi connectivity index (χ0v) is 14.7. The minimum Gasteiger partial charge on any atom is -0.272 e. The van der Waals surface area contributed by atoms with E-state index in [4.69, 9.17) is 11.6 Å². The molecule has 4 nitrogen and oxygen atoms in total. The van der Waals surface area contributed by atoms with E-state index in [0.29, 0.717) is 10.6 Å². The van der Waals surface area contributed by atoms with Gasteiger partial charge in [0.2, 0.25) is 5.91 Å². The number of fused-ring (bicyclic) bond motifs is 1. The van der Waals surface area contributed by atoms with Gasteiger partial charge in [-0.3, -0.25) is 20.4 Å². The predicted octanol–water partition coefficient (Wildman–Crippen LogP) is 4.05. The van der Waals surface area contributed by atoms with Gasteiger partial charge in [-0.1, -0.05) is 41.9 Å². The number of thioether (sulfide) groups is 1. The molecule has 3 aromatic rings. The number of hydrogen-bond acceptors (Lipinski definition) is 3. The number of rotatable bonds is 4. The molecule has 0 heterocycles. The molecule has 0 aliphatic rings. The Hall–Kier alpha value is -2.50. The summed E-state index contributed by atoms with van der Waals surface area (Å²) in [7, 11) is 0. The van der Waals surface area contributed by atoms with Gasteiger partial charge >= 0.3 is 0 Å². The van der Waals surface area contributed by atoms with Crippen molar-refractivity contribution < 1.29 is 9.59 Å². The minimum absolute atomic E-state index is 0.194. The number of carbonyl (C=O) groups is 2. The van der Waals surface area contributed by atoms with Gasteiger partial charge in [0.05, 0.1) is 5.75 Å². The predicted molar refractivity (Wildman–Crippen MR) is 102 cm³/mol. The second-order valence-electron chi connectivity index (χ2n) is 5.31. The van der Waals surface area contributed by atoms with Crippen molar-refractivity contribution >= 4 is 45.9 Å². The molecule has 0 aliphatic carbocycles. The van der Waals surface area contributed by atoms with Crippen molar-refractivity contribution in [2.75, 3.05) is 5.75 Å². The lowest BCUT2D eigenvalue weighted by molar-refractivity contribution is -0.119. The molecule has 0 spiro atoms. The zero-order chi connectivity index (χ0) is 17.6. The van der Waals surface area contributed by atoms with Crippen LogP contribution in [-0.4, -0.2) is 17.6 Å². The normalized spacial score (nSPS) is 10.4. The standard InChI is InChI=1S/C19H15ClN2O2S/c20-16-7-9-17(10-8-16)25-12-18(23)21-22-19(24)15-6-5-13-3-1-2-4-14(13)11-15/h1-11H,12H2,(H,21,23)(H,22,24). The van der Waals surface area contributed by atoms with Crippen molar-refractivity contribution in [3.8, 4) is 0 Å². The number of benzene rings is 3. The Morgan fingerprint density at radius 2 is 1.60 bits per heavy atom. The molecule has 3 aromatic carbocycles. The highest BCUT2D eigenvalue weighted by atomic mass is 35.5. The van der Waals surface area contributed by atoms with Crippen LogP contribution in [0.1, 0.15) is 10.4 Å². The number of carbonyl (C=O) groups excluding carboxylic acids is 2. The lowest BCUT2D eigenvalue weighted by Gasteiger charge is -2.08. The minimum atomic E-state index is -0.351. The number of amides is 2. The summed E-state index contributed by atoms with van der Waals surface area (Å²) in [6.45, 7) is 0. The first-order chi connectivity index (χ1) is 12.1. The number of hydrogen-bond donors (Lipinski definition) is 2. The van der Waals surface area contributed by atoms with E-state index < -0.39 is 0 Å². The SMILES string of the molecule is O=C(CSc1ccc(Cl)cc1)NNC(=O)c1ccc2ccccc2c1. The van der Waals surface area contributed by atoms with Gasteiger partial charge in [-0.2, -0.15) is 0 Å². The Bertz CT molecular complexity index is 913. The molecule has 0 saturated carbocycles. The summed E-state index contributed by atoms with van der Waals surface area (Å²) in [5.41, 5.74) is 5.35. The summed E-state index contributed by atoms with van der Waals surface area (Å²) in [5, 5.41) is 2.68. The third-order valence-electron chi connectivity index (χ3n) is 3.51. The molecule has 0 radical (unpaired) electrons. The smallest absolute Gasteiger partial charge is 0.269 e. The fourth-order valence-corrected chi connectivity index (χ4v) is 3.07. The molecule has 0 aliphatic heterocycles. The monoisotopic (exact) mass is 370 g/mol. The van der Waals surface area contributed by atoms with Gasteiger partial charge in [0.15, 0.2) is 0 Å². The van der Waals surface area contributed by atoms with Crippen LogP contribution in [0.5, 0.6) is 0 Å². The Morgan fingerprint density at radius 3 is 2.36 bits per heavy atom. The van der Waals surface area contributed by atoms with Crippen molar-refractivity contribution in [3.63, 3.8) is 0 Å². The highest BCUT2D eigenvalue weighted by molar-refractivity contribution is 8.00. The lowest BCUT2D eigenvalue weighted by atomic mass is 10.1. The van der Waals surface area contributed by atoms with Crippen LogP contribution in [0.25, 0.3) is 10.8 Å². The van der Waals surface area contributed by atoms with Crippen LogP contribution in [0, 0.1) is 0 Å². The molecule has 6 heteroatoms. The molecule has 2 amide bonds. The van der Waals surface area contributed by atoms with Crippen LogP contribution >= 0.6 is 23.4 Å². The molecule has 25 heavy (non-hydrogen) atoms. The first-order valence-electron chi connectivity index (χ1n) is 7.58. The third-order valence-corrected chi connectivity index (χ3v) is 4.77. The van der Waals surface area contributed by atoms with Gasteiger partial charge in [0.25, 0.3) is 5.91 Å². The fraction of sp³-hybridized carbons (Fsp3) is 0.0526. The van der Waals surface area contributed by atoms with E-state index in [1.807, 2.05) is 42.5 Å². The molecular formula is C19H15ClN2O2S. The maximum atomic E-state index is 12.2. The van der Waals surface area contributed by atoms with E-state index in [-0.39, 0.29) is 17.6 Å². The van der Waals surface area contributed by atoms with E-state index >= 15 is 0 Å². The highest BCUT2D eigenvalue weighted by Gasteiger charge is 2.08. The summed E-state index contributed by atoms with van der Waals surface area (Å²) < 4.78 is 0. The Morgan fingerprint density at radius 1 is 0.880 bits per heavy atom. The van der Waals surface area contributed by atoms with Crippen LogP contribution in [0.3, 0.4) is 0 Å². The summed E-state index contributed by atoms with van der Waals surface area (Å²) in [4.78, 5) is 24.9. The summed E-state index contributed by atoms with van der Waals surface area (Å²) in [6.07, 6.45) is 0. The topological polar surface area (TPSA) is 58.2 Å². The Labute approximate surface area is 154 Å². The van der Waals surface area contributed by atoms with E-state index in [9.17, 15) is 9.59 Å². The quantitative estimate of drug-likeness (QED) is 0.538. The average Bonchev–Trinajstić information content (AvgIpc) is 2.65. The van der Waals surface area contributed by atoms with Gasteiger partial charge in [-0.05, 0) is 47.2 Å². The van der Waals surface area contributed by atoms with E-state index in [0.717, 1.165) is 15.7 Å². The maximum absolute atomic E-state index is 12.2. The maximum Gasteiger partial charge on any atom is 0.269 e. The summed E-state index contributed by atoms with van der Waals surface area (Å²) in [6, 6.07) is 20.4. The van der Waals surface area contributed by atoms with Crippen molar-refractivity contribution in [2.24, 2.45) is 0 Å². The largest absolute Gasteiger partial charge is 0.272 e. The van der Waals surface area contributed by atoms with E-state index in [1.54, 1.807) is 24.3 Å². The van der Waals surface area contributed by atoms with Crippen LogP contribution in [0.2, 0.25) is 5.02 Å². The second-order valence-corrected chi connectivity index (χ2v) is 6.79. The van der Waals surface area contributed by atoms with Crippen LogP contribution in [0.4, 0.5) is 0 Å². The molecule has 0 atom stereocenters. The number of nitrogens with one attached hydrogen (secondary N) is 2. The highest BCUT2D eigenvalue weighted by Crippen LogP contribution is 2.20. The van der Waals surface area contributed by atoms with Gasteiger partial charge in [0.1, 0.15) is 0 Å². The van der Waals surface area contributed by atoms with Crippen molar-refractivity contribution in [1.82, 2.24) is 10.9 Å². The van der Waals surface area contributed by atoms with Crippen LogP contribution in [-0.2, 0) is 4.79 Å². The molecule has 0 unspecified atom stereocenters. The molecule has 0 bridgehead atoms. The Balaban J connectivity index is 1.52. The van der Waals surface area contributed by atoms with Crippen LogP contribution < -0.4 is 10.9 Å². The molecule has 0 saturated heterocycles. The van der Waals surface area contributed by atoms with Gasteiger partial charge in [-0.15, -0.1) is 11.8 Å². The Kier molecular flexibility index (Phi) is 5.58. The first-order valence-corrected chi connectivity index (χ1v) is 8.94. The molecular weight excluding hydrogens is 356 g/mol. The zero-order valence-electron chi connectivity index (χ0n) is 13.2. The van der Waals surface area contributed by atoms with Crippen molar-refractivity contribution in [2.45, 2.75) is 4.90 Å². The van der Waals surface area contributed by atoms with Crippen molar-refractivity contribution in [1.29, 1.82) is 0 Å². The van der Waals surface area contributed by atoms with E-state index in [2.05, 4.69) is 10.9 Å². The van der Waals surface area contributed by atoms with Crippen LogP contribution in [0.15, 0.2) is 71.6 Å². The molecule has 0 fully saturated rings. The van der Waals surface area contributed by atoms with E-state index in [1.165, 1.54) is 11.8 Å². The number of halogens is 1. The lowest BCUT2D eigenvalue weighted by Crippen LogP contribution is -2.42. The van der Waals surface area contributed by atoms with Gasteiger partial charge < -0.3 is 0 Å². The summed E-state index contributed by atoms with van der Waals surface area (Å²) in [5.74, 6) is -0.440. The fourth-order valence-electron chi connectivity index (χ4n) is 2.24. The first kappa shape index (κ1) is 17.3. The third kappa shape index (κ3) is 4.75. The van der Waals surface area contributed by atoms with Crippen molar-refractivity contribution in [3.05, 3.63) is 77.3 Å². The molecule has 3 rings (SSSR count). The summed E-state index contributed by atoms with van der Waals surface area (Å²) >= 11 is 7.18. The average molecular weight is 371 g/mol. The van der Waals surface area contributed by atoms with Gasteiger partial charge in [0, 0.05) is 15.5 Å². The molecule has 0 aromatic heterocycles. The molecule has 126 valence electrons. The van der Waals surface area contributed by atoms with Gasteiger partial charge in [-0.25, -0.2) is 0 Å².